The Morgan fingerprint density at radius 3 is 1.42 bits per heavy atom. The van der Waals surface area contributed by atoms with Gasteiger partial charge in [0.2, 0.25) is 0 Å². The van der Waals surface area contributed by atoms with Gasteiger partial charge in [0.05, 0.1) is 43.4 Å². The van der Waals surface area contributed by atoms with Crippen LogP contribution in [0, 0.1) is 11.8 Å². The molecule has 2 aliphatic carbocycles. The van der Waals surface area contributed by atoms with Gasteiger partial charge in [-0.3, -0.25) is 4.79 Å². The number of hydrogen-bond acceptors (Lipinski definition) is 7. The average Bonchev–Trinajstić information content (AvgIpc) is 4.22. The third-order valence-electron chi connectivity index (χ3n) is 15.4. The van der Waals surface area contributed by atoms with Crippen LogP contribution in [-0.4, -0.2) is 86.7 Å². The van der Waals surface area contributed by atoms with Gasteiger partial charge in [0.25, 0.3) is 0 Å². The van der Waals surface area contributed by atoms with Crippen molar-refractivity contribution in [1.82, 2.24) is 0 Å². The van der Waals surface area contributed by atoms with Gasteiger partial charge in [-0.05, 0) is 64.4 Å². The number of epoxide rings is 4. The van der Waals surface area contributed by atoms with Crippen molar-refractivity contribution >= 4 is 42.5 Å². The van der Waals surface area contributed by atoms with Crippen molar-refractivity contribution in [3.63, 3.8) is 0 Å². The van der Waals surface area contributed by atoms with E-state index in [9.17, 15) is 4.79 Å². The van der Waals surface area contributed by atoms with Crippen molar-refractivity contribution in [3.8, 4) is 0 Å². The summed E-state index contributed by atoms with van der Waals surface area (Å²) in [5, 5.41) is 1.48. The quantitative estimate of drug-likeness (QED) is 0.0576. The molecule has 9 rings (SSSR count). The maximum atomic E-state index is 12.2. The van der Waals surface area contributed by atoms with Crippen molar-refractivity contribution in [1.29, 1.82) is 0 Å². The van der Waals surface area contributed by atoms with E-state index in [1.54, 1.807) is 14.2 Å². The molecular weight excluding hydrogens is 895 g/mol. The molecule has 10 atom stereocenters. The van der Waals surface area contributed by atoms with Crippen molar-refractivity contribution < 1.29 is 33.2 Å². The van der Waals surface area contributed by atoms with Gasteiger partial charge in [0.1, 0.15) is 28.5 Å². The molecule has 0 amide bonds. The van der Waals surface area contributed by atoms with Crippen LogP contribution in [0.25, 0.3) is 0 Å². The van der Waals surface area contributed by atoms with Crippen molar-refractivity contribution in [2.24, 2.45) is 11.8 Å². The molecule has 4 aliphatic heterocycles. The molecule has 3 aromatic rings. The van der Waals surface area contributed by atoms with Gasteiger partial charge in [-0.25, -0.2) is 0 Å². The number of unbranched alkanes of at least 4 members (excludes halogenated alkanes) is 4. The van der Waals surface area contributed by atoms with Crippen LogP contribution in [0.15, 0.2) is 127 Å². The number of Topliss-reactive ketones (excluding diaryl/α,β-unsaturated/α-hetero) is 1. The minimum absolute atomic E-state index is 0.0166. The number of ether oxygens (including phenoxy) is 6. The second-order valence-electron chi connectivity index (χ2n) is 19.8. The first kappa shape index (κ1) is 50.1. The number of carbonyl (C=O) groups excluding carboxylic acids is 1. The summed E-state index contributed by atoms with van der Waals surface area (Å²) in [6.45, 7) is 17.0. The fraction of sp³-hybridized carbons (Fsp3) is 0.554. The zero-order valence-corrected chi connectivity index (χ0v) is 42.7. The topological polar surface area (TPSA) is 85.7 Å². The molecule has 2 spiro atoms. The predicted octanol–water partition coefficient (Wildman–Crippen LogP) is 11.5. The summed E-state index contributed by atoms with van der Waals surface area (Å²) >= 11 is 4.24. The number of ketones is 1. The number of benzene rings is 3. The van der Waals surface area contributed by atoms with Crippen molar-refractivity contribution in [2.45, 2.75) is 152 Å². The third-order valence-corrected chi connectivity index (χ3v) is 23.7. The van der Waals surface area contributed by atoms with Gasteiger partial charge in [-0.15, -0.1) is 0 Å². The maximum absolute atomic E-state index is 12.2. The Bertz CT molecular complexity index is 1910. The summed E-state index contributed by atoms with van der Waals surface area (Å²) in [6, 6.07) is 32.3. The van der Waals surface area contributed by atoms with Crippen LogP contribution in [0.3, 0.4) is 0 Å². The number of hydrogen-bond donors (Lipinski definition) is 0. The molecule has 0 radical (unpaired) electrons. The number of allylic oxidation sites excluding steroid dienone is 2. The molecule has 3 aromatic carbocycles. The molecule has 0 N–H and O–H groups in total. The molecule has 354 valence electrons. The molecule has 0 aromatic heterocycles. The zero-order valence-electron chi connectivity index (χ0n) is 40.2. The Kier molecular flexibility index (Phi) is 16.1. The Hall–Kier alpha value is -2.78. The predicted molar refractivity (Wildman–Crippen MR) is 272 cm³/mol. The molecule has 65 heavy (non-hydrogen) atoms. The van der Waals surface area contributed by atoms with Crippen molar-refractivity contribution in [3.05, 3.63) is 127 Å². The standard InChI is InChI=1S/C19H18BrP.C19H30O3.C18H28O4/c1-21(20,17-11-5-2-6-12-17,18-13-7-3-8-14-18)19-15-9-4-10-16-19;1-5-6-7-8-9-10-15-18(3,22-15)17-16(20-4)14(2)11-12-19(17)13-21-19;1-4-5-6-7-8-9-14-17(2,22-14)16-15(20-3)13(19)10-11-18(16)12-21-18/h2-16H,1H3;8-9,15-17H,2,5-7,10-13H2,1,3-4H3;7-8,14-16H,4-6,9-12H2,1-3H3/b;9-8+;8-7+/t;15-,16-,17-,18+,19+;14-,15-,16-,17+,18+/m.11/s1. The Labute approximate surface area is 398 Å². The number of carbonyl (C=O) groups is 1. The minimum atomic E-state index is -2.56. The van der Waals surface area contributed by atoms with Crippen LogP contribution in [0.5, 0.6) is 0 Å². The van der Waals surface area contributed by atoms with Gasteiger partial charge in [0, 0.05) is 20.6 Å². The van der Waals surface area contributed by atoms with E-state index >= 15 is 0 Å². The van der Waals surface area contributed by atoms with E-state index in [4.69, 9.17) is 28.4 Å². The van der Waals surface area contributed by atoms with Gasteiger partial charge < -0.3 is 28.4 Å². The second-order valence-corrected chi connectivity index (χ2v) is 29.5. The first-order chi connectivity index (χ1) is 31.3. The monoisotopic (exact) mass is 970 g/mol. The Morgan fingerprint density at radius 1 is 0.662 bits per heavy atom. The zero-order chi connectivity index (χ0) is 46.4. The van der Waals surface area contributed by atoms with E-state index in [0.29, 0.717) is 12.5 Å². The fourth-order valence-corrected chi connectivity index (χ4v) is 16.8. The van der Waals surface area contributed by atoms with Crippen LogP contribution >= 0.6 is 20.8 Å². The average molecular weight is 972 g/mol. The van der Waals surface area contributed by atoms with Crippen LogP contribution < -0.4 is 15.9 Å². The van der Waals surface area contributed by atoms with Crippen LogP contribution in [0.2, 0.25) is 0 Å². The summed E-state index contributed by atoms with van der Waals surface area (Å²) < 4.78 is 35.2. The molecule has 0 bridgehead atoms. The number of halogens is 1. The molecule has 0 unspecified atom stereocenters. The van der Waals surface area contributed by atoms with Crippen molar-refractivity contribution in [2.75, 3.05) is 34.1 Å². The Morgan fingerprint density at radius 2 is 1.05 bits per heavy atom. The van der Waals surface area contributed by atoms with E-state index < -0.39 is 5.31 Å². The molecule has 2 saturated carbocycles. The molecule has 6 aliphatic rings. The van der Waals surface area contributed by atoms with Gasteiger partial charge in [-0.1, -0.05) is 70.4 Å². The van der Waals surface area contributed by atoms with E-state index in [1.807, 2.05) is 0 Å². The van der Waals surface area contributed by atoms with E-state index in [1.165, 1.54) is 53.6 Å². The molecule has 6 fully saturated rings. The summed E-state index contributed by atoms with van der Waals surface area (Å²) in [5.41, 5.74) is 0.585. The molecular formula is C56H76BrO7P. The van der Waals surface area contributed by atoms with E-state index in [-0.39, 0.29) is 58.3 Å². The molecule has 7 nitrogen and oxygen atoms in total. The Balaban J connectivity index is 0.000000145. The van der Waals surface area contributed by atoms with Crippen LogP contribution in [-0.2, 0) is 33.2 Å². The SMILES string of the molecule is C=C1CC[C@]2(CO2)[C@@H]([C@@]2(C)O[C@@H]2C/C=C/CCCC)[C@@H]1OC.CCCC/C=C/C[C@H]1O[C@]1(C)[C@H]1[C@H](OC)C(=O)CC[C@]12CO2.CP(Br)(c1ccccc1)(c1ccccc1)c1ccccc1. The normalized spacial score (nSPS) is 34.1. The second kappa shape index (κ2) is 20.8. The summed E-state index contributed by atoms with van der Waals surface area (Å²) in [6.07, 6.45) is 21.8. The van der Waals surface area contributed by atoms with E-state index in [0.717, 1.165) is 51.7 Å². The van der Waals surface area contributed by atoms with Gasteiger partial charge in [-0.2, -0.15) is 0 Å². The summed E-state index contributed by atoms with van der Waals surface area (Å²) in [4.78, 5) is 12.2. The first-order valence-electron chi connectivity index (χ1n) is 24.4. The number of methoxy groups -OCH3 is 2. The molecule has 4 heterocycles. The van der Waals surface area contributed by atoms with Gasteiger partial charge in [0.15, 0.2) is 5.78 Å². The molecule has 4 saturated heterocycles. The summed E-state index contributed by atoms with van der Waals surface area (Å²) in [7, 11) is 3.41. The number of rotatable bonds is 17. The van der Waals surface area contributed by atoms with Crippen LogP contribution in [0.4, 0.5) is 0 Å². The third kappa shape index (κ3) is 10.5. The fourth-order valence-electron chi connectivity index (χ4n) is 11.1. The molecule has 9 heteroatoms. The van der Waals surface area contributed by atoms with Gasteiger partial charge >= 0.3 is 134 Å². The van der Waals surface area contributed by atoms with E-state index in [2.05, 4.69) is 172 Å². The van der Waals surface area contributed by atoms with Crippen LogP contribution in [0.1, 0.15) is 105 Å². The summed E-state index contributed by atoms with van der Waals surface area (Å²) in [5.74, 6) is 0.503. The first-order valence-corrected chi connectivity index (χ1v) is 29.1.